The van der Waals surface area contributed by atoms with Gasteiger partial charge < -0.3 is 19.7 Å². The molecule has 1 N–H and O–H groups in total. The summed E-state index contributed by atoms with van der Waals surface area (Å²) in [6.45, 7) is 4.20. The smallest absolute Gasteiger partial charge is 0.224 e. The van der Waals surface area contributed by atoms with Crippen LogP contribution in [0.15, 0.2) is 42.5 Å². The third-order valence-corrected chi connectivity index (χ3v) is 4.33. The highest BCUT2D eigenvalue weighted by molar-refractivity contribution is 5.92. The van der Waals surface area contributed by atoms with Crippen molar-refractivity contribution in [1.29, 1.82) is 0 Å². The van der Waals surface area contributed by atoms with Crippen LogP contribution in [0.2, 0.25) is 0 Å². The van der Waals surface area contributed by atoms with Gasteiger partial charge in [-0.3, -0.25) is 9.59 Å². The van der Waals surface area contributed by atoms with E-state index in [1.165, 1.54) is 6.92 Å². The molecule has 0 aromatic heterocycles. The third kappa shape index (κ3) is 5.48. The van der Waals surface area contributed by atoms with Crippen LogP contribution in [0.3, 0.4) is 0 Å². The van der Waals surface area contributed by atoms with Crippen LogP contribution < -0.4 is 19.7 Å². The summed E-state index contributed by atoms with van der Waals surface area (Å²) in [5, 5.41) is 2.88. The van der Waals surface area contributed by atoms with Crippen molar-refractivity contribution in [2.45, 2.75) is 20.3 Å². The molecule has 0 fully saturated rings. The molecule has 27 heavy (non-hydrogen) atoms. The summed E-state index contributed by atoms with van der Waals surface area (Å²) in [4.78, 5) is 25.8. The van der Waals surface area contributed by atoms with Crippen molar-refractivity contribution in [2.75, 3.05) is 32.2 Å². The second-order valence-corrected chi connectivity index (χ2v) is 6.16. The zero-order chi connectivity index (χ0) is 19.8. The second kappa shape index (κ2) is 9.62. The number of nitrogens with zero attached hydrogens (tertiary/aromatic N) is 1. The van der Waals surface area contributed by atoms with Gasteiger partial charge in [0.25, 0.3) is 0 Å². The van der Waals surface area contributed by atoms with Crippen LogP contribution in [0.25, 0.3) is 0 Å². The standard InChI is InChI=1S/C21H26N2O4/c1-15-7-5-6-8-17(15)13-21(25)22-11-12-23(16(2)24)18-9-10-19(26-3)20(14-18)27-4/h5-10,14H,11-13H2,1-4H3,(H,22,25). The first-order valence-electron chi connectivity index (χ1n) is 8.77. The van der Waals surface area contributed by atoms with Gasteiger partial charge in [0.2, 0.25) is 11.8 Å². The highest BCUT2D eigenvalue weighted by Gasteiger charge is 2.15. The number of amides is 2. The van der Waals surface area contributed by atoms with Crippen LogP contribution in [0.5, 0.6) is 11.5 Å². The van der Waals surface area contributed by atoms with Crippen molar-refractivity contribution >= 4 is 17.5 Å². The SMILES string of the molecule is COc1ccc(N(CCNC(=O)Cc2ccccc2C)C(C)=O)cc1OC. The molecule has 0 saturated heterocycles. The molecule has 144 valence electrons. The molecule has 0 aliphatic heterocycles. The van der Waals surface area contributed by atoms with Gasteiger partial charge in [-0.15, -0.1) is 0 Å². The van der Waals surface area contributed by atoms with Gasteiger partial charge in [-0.1, -0.05) is 24.3 Å². The molecule has 0 unspecified atom stereocenters. The zero-order valence-corrected chi connectivity index (χ0v) is 16.2. The van der Waals surface area contributed by atoms with Gasteiger partial charge in [0.1, 0.15) is 0 Å². The molecule has 0 radical (unpaired) electrons. The number of anilines is 1. The zero-order valence-electron chi connectivity index (χ0n) is 16.2. The van der Waals surface area contributed by atoms with Gasteiger partial charge in [0.05, 0.1) is 20.6 Å². The van der Waals surface area contributed by atoms with E-state index in [0.717, 1.165) is 11.1 Å². The number of nitrogens with one attached hydrogen (secondary N) is 1. The Morgan fingerprint density at radius 3 is 2.37 bits per heavy atom. The molecule has 0 spiro atoms. The first kappa shape index (κ1) is 20.3. The van der Waals surface area contributed by atoms with E-state index in [0.29, 0.717) is 36.7 Å². The lowest BCUT2D eigenvalue weighted by Crippen LogP contribution is -2.38. The Morgan fingerprint density at radius 1 is 1.04 bits per heavy atom. The first-order chi connectivity index (χ1) is 13.0. The highest BCUT2D eigenvalue weighted by atomic mass is 16.5. The quantitative estimate of drug-likeness (QED) is 0.776. The van der Waals surface area contributed by atoms with Gasteiger partial charge in [-0.25, -0.2) is 0 Å². The second-order valence-electron chi connectivity index (χ2n) is 6.16. The number of ether oxygens (including phenoxy) is 2. The molecule has 0 aliphatic carbocycles. The Hall–Kier alpha value is -3.02. The molecule has 6 heteroatoms. The average Bonchev–Trinajstić information content (AvgIpc) is 2.66. The van der Waals surface area contributed by atoms with Crippen molar-refractivity contribution in [3.05, 3.63) is 53.6 Å². The third-order valence-electron chi connectivity index (χ3n) is 4.33. The number of carbonyl (C=O) groups is 2. The van der Waals surface area contributed by atoms with Crippen LogP contribution in [0, 0.1) is 6.92 Å². The fraction of sp³-hybridized carbons (Fsp3) is 0.333. The van der Waals surface area contributed by atoms with E-state index in [-0.39, 0.29) is 11.8 Å². The van der Waals surface area contributed by atoms with Crippen LogP contribution in [0.4, 0.5) is 5.69 Å². The molecule has 2 amide bonds. The number of methoxy groups -OCH3 is 2. The van der Waals surface area contributed by atoms with Crippen LogP contribution >= 0.6 is 0 Å². The highest BCUT2D eigenvalue weighted by Crippen LogP contribution is 2.31. The van der Waals surface area contributed by atoms with E-state index in [4.69, 9.17) is 9.47 Å². The number of hydrogen-bond acceptors (Lipinski definition) is 4. The summed E-state index contributed by atoms with van der Waals surface area (Å²) >= 11 is 0. The Morgan fingerprint density at radius 2 is 1.74 bits per heavy atom. The molecular formula is C21H26N2O4. The summed E-state index contributed by atoms with van der Waals surface area (Å²) in [5.41, 5.74) is 2.77. The monoisotopic (exact) mass is 370 g/mol. The predicted molar refractivity (Wildman–Crippen MR) is 105 cm³/mol. The maximum atomic E-state index is 12.2. The molecule has 2 aromatic carbocycles. The molecule has 0 aliphatic rings. The van der Waals surface area contributed by atoms with Crippen LogP contribution in [-0.2, 0) is 16.0 Å². The van der Waals surface area contributed by atoms with E-state index in [2.05, 4.69) is 5.32 Å². The molecule has 6 nitrogen and oxygen atoms in total. The maximum absolute atomic E-state index is 12.2. The van der Waals surface area contributed by atoms with Crippen molar-refractivity contribution in [3.8, 4) is 11.5 Å². The minimum absolute atomic E-state index is 0.0693. The summed E-state index contributed by atoms with van der Waals surface area (Å²) < 4.78 is 10.5. The molecule has 0 atom stereocenters. The maximum Gasteiger partial charge on any atom is 0.224 e. The molecule has 0 heterocycles. The summed E-state index contributed by atoms with van der Waals surface area (Å²) in [7, 11) is 3.11. The van der Waals surface area contributed by atoms with E-state index in [9.17, 15) is 9.59 Å². The fourth-order valence-electron chi connectivity index (χ4n) is 2.81. The van der Waals surface area contributed by atoms with Crippen molar-refractivity contribution in [1.82, 2.24) is 5.32 Å². The van der Waals surface area contributed by atoms with Crippen molar-refractivity contribution < 1.29 is 19.1 Å². The summed E-state index contributed by atoms with van der Waals surface area (Å²) in [6, 6.07) is 13.1. The number of rotatable bonds is 8. The van der Waals surface area contributed by atoms with Gasteiger partial charge in [0, 0.05) is 31.8 Å². The largest absolute Gasteiger partial charge is 0.493 e. The van der Waals surface area contributed by atoms with E-state index in [1.54, 1.807) is 37.3 Å². The molecule has 2 rings (SSSR count). The first-order valence-corrected chi connectivity index (χ1v) is 8.77. The number of carbonyl (C=O) groups excluding carboxylic acids is 2. The van der Waals surface area contributed by atoms with E-state index >= 15 is 0 Å². The van der Waals surface area contributed by atoms with Crippen LogP contribution in [0.1, 0.15) is 18.1 Å². The van der Waals surface area contributed by atoms with Gasteiger partial charge >= 0.3 is 0 Å². The Balaban J connectivity index is 1.98. The molecular weight excluding hydrogens is 344 g/mol. The lowest BCUT2D eigenvalue weighted by molar-refractivity contribution is -0.121. The van der Waals surface area contributed by atoms with Gasteiger partial charge in [-0.2, -0.15) is 0 Å². The summed E-state index contributed by atoms with van der Waals surface area (Å²) in [6.07, 6.45) is 0.323. The average molecular weight is 370 g/mol. The van der Waals surface area contributed by atoms with Gasteiger partial charge in [-0.05, 0) is 30.2 Å². The minimum Gasteiger partial charge on any atom is -0.493 e. The Kier molecular flexibility index (Phi) is 7.23. The van der Waals surface area contributed by atoms with E-state index in [1.807, 2.05) is 31.2 Å². The number of aryl methyl sites for hydroxylation is 1. The van der Waals surface area contributed by atoms with Crippen LogP contribution in [-0.4, -0.2) is 39.1 Å². The molecule has 2 aromatic rings. The molecule has 0 saturated carbocycles. The number of hydrogen-bond donors (Lipinski definition) is 1. The lowest BCUT2D eigenvalue weighted by Gasteiger charge is -2.22. The minimum atomic E-state index is -0.115. The van der Waals surface area contributed by atoms with E-state index < -0.39 is 0 Å². The predicted octanol–water partition coefficient (Wildman–Crippen LogP) is 2.72. The normalized spacial score (nSPS) is 10.2. The lowest BCUT2D eigenvalue weighted by atomic mass is 10.1. The van der Waals surface area contributed by atoms with Gasteiger partial charge in [0.15, 0.2) is 11.5 Å². The number of benzene rings is 2. The molecule has 0 bridgehead atoms. The van der Waals surface area contributed by atoms with Crippen molar-refractivity contribution in [2.24, 2.45) is 0 Å². The topological polar surface area (TPSA) is 67.9 Å². The fourth-order valence-corrected chi connectivity index (χ4v) is 2.81. The Labute approximate surface area is 160 Å². The summed E-state index contributed by atoms with van der Waals surface area (Å²) in [5.74, 6) is 0.955. The Bertz CT molecular complexity index is 805. The van der Waals surface area contributed by atoms with Crippen molar-refractivity contribution in [3.63, 3.8) is 0 Å².